The van der Waals surface area contributed by atoms with Crippen LogP contribution in [0.3, 0.4) is 0 Å². The van der Waals surface area contributed by atoms with Crippen molar-refractivity contribution in [2.24, 2.45) is 0 Å². The summed E-state index contributed by atoms with van der Waals surface area (Å²) in [5, 5.41) is 19.6. The zero-order valence-electron chi connectivity index (χ0n) is 10.3. The van der Waals surface area contributed by atoms with Crippen LogP contribution in [0.15, 0.2) is 24.3 Å². The van der Waals surface area contributed by atoms with Crippen LogP contribution in [-0.2, 0) is 9.53 Å². The van der Waals surface area contributed by atoms with Crippen LogP contribution in [0.5, 0.6) is 5.75 Å². The molecule has 104 valence electrons. The van der Waals surface area contributed by atoms with Gasteiger partial charge in [-0.15, -0.1) is 0 Å². The number of carbonyl (C=O) groups excluding carboxylic acids is 1. The molecule has 0 radical (unpaired) electrons. The maximum atomic E-state index is 11.2. The van der Waals surface area contributed by atoms with E-state index >= 15 is 0 Å². The summed E-state index contributed by atoms with van der Waals surface area (Å²) in [5.74, 6) is -0.682. The Morgan fingerprint density at radius 1 is 1.32 bits per heavy atom. The van der Waals surface area contributed by atoms with E-state index in [9.17, 15) is 9.59 Å². The predicted octanol–water partition coefficient (Wildman–Crippen LogP) is 1.08. The van der Waals surface area contributed by atoms with Crippen LogP contribution in [0.4, 0.5) is 10.5 Å². The van der Waals surface area contributed by atoms with Gasteiger partial charge in [0.05, 0.1) is 6.61 Å². The Kier molecular flexibility index (Phi) is 5.62. The Morgan fingerprint density at radius 3 is 2.47 bits per heavy atom. The number of rotatable bonds is 6. The number of hydrogen-bond acceptors (Lipinski definition) is 5. The molecular weight excluding hydrogens is 254 g/mol. The first-order valence-corrected chi connectivity index (χ1v) is 5.57. The molecule has 0 aliphatic carbocycles. The van der Waals surface area contributed by atoms with E-state index in [2.05, 4.69) is 10.1 Å². The number of benzene rings is 1. The molecule has 0 saturated carbocycles. The van der Waals surface area contributed by atoms with Gasteiger partial charge in [0.2, 0.25) is 0 Å². The lowest BCUT2D eigenvalue weighted by Gasteiger charge is -2.11. The van der Waals surface area contributed by atoms with E-state index in [1.54, 1.807) is 12.1 Å². The van der Waals surface area contributed by atoms with E-state index in [1.165, 1.54) is 19.1 Å². The van der Waals surface area contributed by atoms with Crippen LogP contribution in [-0.4, -0.2) is 41.6 Å². The number of carbonyl (C=O) groups is 2. The number of aliphatic hydroxyl groups is 1. The monoisotopic (exact) mass is 269 g/mol. The number of carboxylic acids is 1. The van der Waals surface area contributed by atoms with Crippen LogP contribution in [0, 0.1) is 0 Å². The minimum absolute atomic E-state index is 0.0802. The number of aliphatic hydroxyl groups excluding tert-OH is 1. The number of anilines is 1. The molecule has 7 heteroatoms. The number of amides is 1. The first kappa shape index (κ1) is 14.8. The predicted molar refractivity (Wildman–Crippen MR) is 66.2 cm³/mol. The molecule has 0 aliphatic rings. The molecule has 0 aromatic heterocycles. The van der Waals surface area contributed by atoms with Gasteiger partial charge in [0.1, 0.15) is 12.4 Å². The molecule has 7 nitrogen and oxygen atoms in total. The van der Waals surface area contributed by atoms with Crippen molar-refractivity contribution in [3.05, 3.63) is 24.3 Å². The molecular formula is C12H15NO6. The smallest absolute Gasteiger partial charge is 0.411 e. The van der Waals surface area contributed by atoms with Gasteiger partial charge in [-0.25, -0.2) is 9.59 Å². The Morgan fingerprint density at radius 2 is 1.95 bits per heavy atom. The molecule has 0 saturated heterocycles. The van der Waals surface area contributed by atoms with Gasteiger partial charge in [0.15, 0.2) is 6.10 Å². The molecule has 19 heavy (non-hydrogen) atoms. The van der Waals surface area contributed by atoms with Crippen molar-refractivity contribution in [3.63, 3.8) is 0 Å². The van der Waals surface area contributed by atoms with Crippen molar-refractivity contribution in [1.82, 2.24) is 0 Å². The fourth-order valence-electron chi connectivity index (χ4n) is 1.16. The number of hydrogen-bond donors (Lipinski definition) is 3. The summed E-state index contributed by atoms with van der Waals surface area (Å²) >= 11 is 0. The quantitative estimate of drug-likeness (QED) is 0.713. The Labute approximate surface area is 109 Å². The molecule has 1 amide bonds. The highest BCUT2D eigenvalue weighted by atomic mass is 16.6. The highest BCUT2D eigenvalue weighted by Crippen LogP contribution is 2.17. The zero-order chi connectivity index (χ0) is 14.3. The van der Waals surface area contributed by atoms with Crippen LogP contribution >= 0.6 is 0 Å². The molecule has 1 atom stereocenters. The molecule has 1 aromatic carbocycles. The van der Waals surface area contributed by atoms with Gasteiger partial charge < -0.3 is 19.7 Å². The maximum Gasteiger partial charge on any atom is 0.411 e. The average molecular weight is 269 g/mol. The standard InChI is InChI=1S/C12H15NO6/c1-8(11(15)16)19-10-4-2-9(3-5-10)13-12(17)18-7-6-14/h2-5,8,14H,6-7H2,1H3,(H,13,17)(H,15,16). The van der Waals surface area contributed by atoms with Gasteiger partial charge in [-0.1, -0.05) is 0 Å². The number of carboxylic acid groups (broad SMARTS) is 1. The van der Waals surface area contributed by atoms with Crippen molar-refractivity contribution < 1.29 is 29.3 Å². The Bertz CT molecular complexity index is 430. The molecule has 1 rings (SSSR count). The van der Waals surface area contributed by atoms with Crippen molar-refractivity contribution in [3.8, 4) is 5.75 Å². The maximum absolute atomic E-state index is 11.2. The van der Waals surface area contributed by atoms with Crippen LogP contribution in [0.2, 0.25) is 0 Å². The van der Waals surface area contributed by atoms with Crippen molar-refractivity contribution in [2.45, 2.75) is 13.0 Å². The molecule has 0 fully saturated rings. The van der Waals surface area contributed by atoms with Gasteiger partial charge in [-0.3, -0.25) is 5.32 Å². The molecule has 1 aromatic rings. The van der Waals surface area contributed by atoms with E-state index in [0.29, 0.717) is 11.4 Å². The minimum Gasteiger partial charge on any atom is -0.479 e. The highest BCUT2D eigenvalue weighted by Gasteiger charge is 2.12. The van der Waals surface area contributed by atoms with E-state index < -0.39 is 18.2 Å². The van der Waals surface area contributed by atoms with Crippen LogP contribution in [0.1, 0.15) is 6.92 Å². The summed E-state index contributed by atoms with van der Waals surface area (Å²) in [6.45, 7) is 1.09. The lowest BCUT2D eigenvalue weighted by molar-refractivity contribution is -0.144. The van der Waals surface area contributed by atoms with E-state index in [0.717, 1.165) is 0 Å². The molecule has 1 unspecified atom stereocenters. The molecule has 0 bridgehead atoms. The van der Waals surface area contributed by atoms with Crippen LogP contribution < -0.4 is 10.1 Å². The van der Waals surface area contributed by atoms with Crippen LogP contribution in [0.25, 0.3) is 0 Å². The number of nitrogens with one attached hydrogen (secondary N) is 1. The second kappa shape index (κ2) is 7.22. The molecule has 0 spiro atoms. The SMILES string of the molecule is CC(Oc1ccc(NC(=O)OCCO)cc1)C(=O)O. The second-order valence-electron chi connectivity index (χ2n) is 3.61. The van der Waals surface area contributed by atoms with Gasteiger partial charge >= 0.3 is 12.1 Å². The van der Waals surface area contributed by atoms with E-state index in [-0.39, 0.29) is 13.2 Å². The topological polar surface area (TPSA) is 105 Å². The normalized spacial score (nSPS) is 11.5. The third kappa shape index (κ3) is 5.26. The van der Waals surface area contributed by atoms with Gasteiger partial charge in [0.25, 0.3) is 0 Å². The fraction of sp³-hybridized carbons (Fsp3) is 0.333. The summed E-state index contributed by atoms with van der Waals surface area (Å²) in [6, 6.07) is 6.15. The summed E-state index contributed by atoms with van der Waals surface area (Å²) in [6.07, 6.45) is -1.63. The van der Waals surface area contributed by atoms with Gasteiger partial charge in [0, 0.05) is 5.69 Å². The van der Waals surface area contributed by atoms with Crippen molar-refractivity contribution in [2.75, 3.05) is 18.5 Å². The first-order chi connectivity index (χ1) is 9.02. The Balaban J connectivity index is 2.52. The van der Waals surface area contributed by atoms with E-state index in [1.807, 2.05) is 0 Å². The third-order valence-corrected chi connectivity index (χ3v) is 2.09. The highest BCUT2D eigenvalue weighted by molar-refractivity contribution is 5.84. The van der Waals surface area contributed by atoms with Gasteiger partial charge in [-0.05, 0) is 31.2 Å². The summed E-state index contributed by atoms with van der Waals surface area (Å²) in [5.41, 5.74) is 0.471. The lowest BCUT2D eigenvalue weighted by Crippen LogP contribution is -2.22. The summed E-state index contributed by atoms with van der Waals surface area (Å²) in [4.78, 5) is 21.8. The average Bonchev–Trinajstić information content (AvgIpc) is 2.38. The summed E-state index contributed by atoms with van der Waals surface area (Å²) in [7, 11) is 0. The number of ether oxygens (including phenoxy) is 2. The van der Waals surface area contributed by atoms with Crippen molar-refractivity contribution >= 4 is 17.7 Å². The minimum atomic E-state index is -1.06. The fourth-order valence-corrected chi connectivity index (χ4v) is 1.16. The van der Waals surface area contributed by atoms with E-state index in [4.69, 9.17) is 14.9 Å². The van der Waals surface area contributed by atoms with Gasteiger partial charge in [-0.2, -0.15) is 0 Å². The zero-order valence-corrected chi connectivity index (χ0v) is 10.3. The first-order valence-electron chi connectivity index (χ1n) is 5.57. The molecule has 0 heterocycles. The lowest BCUT2D eigenvalue weighted by atomic mass is 10.3. The third-order valence-electron chi connectivity index (χ3n) is 2.09. The Hall–Kier alpha value is -2.28. The van der Waals surface area contributed by atoms with Crippen molar-refractivity contribution in [1.29, 1.82) is 0 Å². The molecule has 3 N–H and O–H groups in total. The summed E-state index contributed by atoms with van der Waals surface area (Å²) < 4.78 is 9.74. The largest absolute Gasteiger partial charge is 0.479 e. The number of aliphatic carboxylic acids is 1. The second-order valence-corrected chi connectivity index (χ2v) is 3.61. The molecule has 0 aliphatic heterocycles.